The van der Waals surface area contributed by atoms with Crippen LogP contribution < -0.4 is 19.7 Å². The summed E-state index contributed by atoms with van der Waals surface area (Å²) in [4.78, 5) is 14.8. The Kier molecular flexibility index (Phi) is 6.84. The minimum Gasteiger partial charge on any atom is -0.495 e. The van der Waals surface area contributed by atoms with Crippen molar-refractivity contribution in [3.05, 3.63) is 78.4 Å². The molecule has 0 spiro atoms. The molecule has 4 rings (SSSR count). The van der Waals surface area contributed by atoms with Crippen LogP contribution in [0.4, 0.5) is 17.1 Å². The van der Waals surface area contributed by atoms with Crippen LogP contribution in [0.1, 0.15) is 29.6 Å². The number of benzene rings is 3. The highest BCUT2D eigenvalue weighted by molar-refractivity contribution is 7.93. The Morgan fingerprint density at radius 3 is 2.33 bits per heavy atom. The SMILES string of the molecule is COc1ccccc1NS(=O)(=O)c1cc(NC(=O)c2ccccc2)ccc1N1CCCCC1. The van der Waals surface area contributed by atoms with E-state index in [1.54, 1.807) is 60.7 Å². The lowest BCUT2D eigenvalue weighted by Crippen LogP contribution is -2.31. The van der Waals surface area contributed by atoms with Crippen molar-refractivity contribution in [2.45, 2.75) is 24.2 Å². The number of carbonyl (C=O) groups excluding carboxylic acids is 1. The topological polar surface area (TPSA) is 87.7 Å². The summed E-state index contributed by atoms with van der Waals surface area (Å²) in [6, 6.07) is 20.7. The second-order valence-electron chi connectivity index (χ2n) is 7.86. The minimum absolute atomic E-state index is 0.112. The monoisotopic (exact) mass is 465 g/mol. The van der Waals surface area contributed by atoms with Gasteiger partial charge in [0.2, 0.25) is 0 Å². The molecule has 33 heavy (non-hydrogen) atoms. The quantitative estimate of drug-likeness (QED) is 0.526. The number of anilines is 3. The third kappa shape index (κ3) is 5.28. The first kappa shape index (κ1) is 22.7. The number of amides is 1. The molecule has 3 aromatic carbocycles. The van der Waals surface area contributed by atoms with Gasteiger partial charge in [-0.05, 0) is 61.7 Å². The number of nitrogens with zero attached hydrogens (tertiary/aromatic N) is 1. The predicted molar refractivity (Wildman–Crippen MR) is 131 cm³/mol. The van der Waals surface area contributed by atoms with Crippen LogP contribution in [-0.2, 0) is 10.0 Å². The molecular formula is C25H27N3O4S. The van der Waals surface area contributed by atoms with Gasteiger partial charge in [-0.15, -0.1) is 0 Å². The molecule has 1 heterocycles. The average molecular weight is 466 g/mol. The van der Waals surface area contributed by atoms with Crippen LogP contribution >= 0.6 is 0 Å². The molecule has 8 heteroatoms. The molecule has 0 aliphatic carbocycles. The number of hydrogen-bond acceptors (Lipinski definition) is 5. The fourth-order valence-electron chi connectivity index (χ4n) is 3.92. The van der Waals surface area contributed by atoms with E-state index in [4.69, 9.17) is 4.74 Å². The van der Waals surface area contributed by atoms with Crippen LogP contribution in [0.25, 0.3) is 0 Å². The maximum Gasteiger partial charge on any atom is 0.264 e. The highest BCUT2D eigenvalue weighted by Gasteiger charge is 2.25. The number of rotatable bonds is 7. The second kappa shape index (κ2) is 9.95. The van der Waals surface area contributed by atoms with E-state index in [0.717, 1.165) is 32.4 Å². The summed E-state index contributed by atoms with van der Waals surface area (Å²) in [7, 11) is -2.48. The molecule has 1 saturated heterocycles. The van der Waals surface area contributed by atoms with Crippen LogP contribution in [0.2, 0.25) is 0 Å². The largest absolute Gasteiger partial charge is 0.495 e. The van der Waals surface area contributed by atoms with E-state index in [9.17, 15) is 13.2 Å². The number of sulfonamides is 1. The van der Waals surface area contributed by atoms with E-state index in [1.165, 1.54) is 13.2 Å². The van der Waals surface area contributed by atoms with Crippen molar-refractivity contribution in [2.24, 2.45) is 0 Å². The zero-order valence-electron chi connectivity index (χ0n) is 18.5. The highest BCUT2D eigenvalue weighted by Crippen LogP contribution is 2.33. The molecular weight excluding hydrogens is 438 g/mol. The molecule has 0 saturated carbocycles. The first-order chi connectivity index (χ1) is 16.0. The third-order valence-electron chi connectivity index (χ3n) is 5.59. The van der Waals surface area contributed by atoms with Crippen molar-refractivity contribution in [1.82, 2.24) is 0 Å². The third-order valence-corrected chi connectivity index (χ3v) is 6.99. The number of para-hydroxylation sites is 2. The van der Waals surface area contributed by atoms with E-state index in [1.807, 2.05) is 6.07 Å². The first-order valence-electron chi connectivity index (χ1n) is 10.9. The summed E-state index contributed by atoms with van der Waals surface area (Å²) in [6.45, 7) is 1.57. The Morgan fingerprint density at radius 2 is 1.61 bits per heavy atom. The number of nitrogens with one attached hydrogen (secondary N) is 2. The smallest absolute Gasteiger partial charge is 0.264 e. The van der Waals surface area contributed by atoms with Gasteiger partial charge < -0.3 is 15.0 Å². The van der Waals surface area contributed by atoms with E-state index in [-0.39, 0.29) is 10.8 Å². The summed E-state index contributed by atoms with van der Waals surface area (Å²) in [5.74, 6) is 0.122. The maximum absolute atomic E-state index is 13.5. The summed E-state index contributed by atoms with van der Waals surface area (Å²) in [6.07, 6.45) is 3.14. The van der Waals surface area contributed by atoms with Crippen molar-refractivity contribution in [3.8, 4) is 5.75 Å². The van der Waals surface area contributed by atoms with Gasteiger partial charge in [0.25, 0.3) is 15.9 Å². The molecule has 1 aliphatic heterocycles. The fourth-order valence-corrected chi connectivity index (χ4v) is 5.25. The van der Waals surface area contributed by atoms with Crippen molar-refractivity contribution in [1.29, 1.82) is 0 Å². The molecule has 0 bridgehead atoms. The van der Waals surface area contributed by atoms with Gasteiger partial charge >= 0.3 is 0 Å². The standard InChI is InChI=1S/C25H27N3O4S/c1-32-23-13-7-6-12-21(23)27-33(30,31)24-18-20(26-25(29)19-10-4-2-5-11-19)14-15-22(24)28-16-8-3-9-17-28/h2,4-7,10-15,18,27H,3,8-9,16-17H2,1H3,(H,26,29). The zero-order valence-corrected chi connectivity index (χ0v) is 19.3. The Labute approximate surface area is 194 Å². The number of piperidine rings is 1. The summed E-state index contributed by atoms with van der Waals surface area (Å²) < 4.78 is 35.0. The van der Waals surface area contributed by atoms with Crippen molar-refractivity contribution < 1.29 is 17.9 Å². The predicted octanol–water partition coefficient (Wildman–Crippen LogP) is 4.74. The van der Waals surface area contributed by atoms with Crippen molar-refractivity contribution >= 4 is 33.0 Å². The van der Waals surface area contributed by atoms with Gasteiger partial charge in [0.05, 0.1) is 18.5 Å². The molecule has 172 valence electrons. The molecule has 2 N–H and O–H groups in total. The van der Waals surface area contributed by atoms with E-state index >= 15 is 0 Å². The molecule has 1 amide bonds. The van der Waals surface area contributed by atoms with Crippen LogP contribution in [0.5, 0.6) is 5.75 Å². The van der Waals surface area contributed by atoms with Gasteiger partial charge in [-0.1, -0.05) is 30.3 Å². The first-order valence-corrected chi connectivity index (χ1v) is 12.4. The number of ether oxygens (including phenoxy) is 1. The van der Waals surface area contributed by atoms with Crippen molar-refractivity contribution in [3.63, 3.8) is 0 Å². The molecule has 0 radical (unpaired) electrons. The highest BCUT2D eigenvalue weighted by atomic mass is 32.2. The normalized spacial score (nSPS) is 13.9. The van der Waals surface area contributed by atoms with Crippen LogP contribution in [-0.4, -0.2) is 34.5 Å². The molecule has 3 aromatic rings. The second-order valence-corrected chi connectivity index (χ2v) is 9.51. The van der Waals surface area contributed by atoms with Gasteiger partial charge in [0, 0.05) is 24.3 Å². The number of carbonyl (C=O) groups is 1. The summed E-state index contributed by atoms with van der Waals surface area (Å²) in [5, 5.41) is 2.81. The van der Waals surface area contributed by atoms with Gasteiger partial charge in [0.15, 0.2) is 0 Å². The Bertz CT molecular complexity index is 1220. The minimum atomic E-state index is -3.97. The lowest BCUT2D eigenvalue weighted by molar-refractivity contribution is 0.102. The number of methoxy groups -OCH3 is 1. The van der Waals surface area contributed by atoms with Crippen LogP contribution in [0.3, 0.4) is 0 Å². The van der Waals surface area contributed by atoms with E-state index in [2.05, 4.69) is 14.9 Å². The van der Waals surface area contributed by atoms with Crippen molar-refractivity contribution in [2.75, 3.05) is 35.1 Å². The molecule has 0 unspecified atom stereocenters. The molecule has 1 aliphatic rings. The Morgan fingerprint density at radius 1 is 0.909 bits per heavy atom. The van der Waals surface area contributed by atoms with E-state index in [0.29, 0.717) is 28.4 Å². The van der Waals surface area contributed by atoms with Crippen LogP contribution in [0, 0.1) is 0 Å². The van der Waals surface area contributed by atoms with Crippen LogP contribution in [0.15, 0.2) is 77.7 Å². The molecule has 0 atom stereocenters. The fraction of sp³-hybridized carbons (Fsp3) is 0.240. The van der Waals surface area contributed by atoms with E-state index < -0.39 is 10.0 Å². The Hall–Kier alpha value is -3.52. The maximum atomic E-state index is 13.5. The van der Waals surface area contributed by atoms with Gasteiger partial charge in [0.1, 0.15) is 10.6 Å². The Balaban J connectivity index is 1.71. The zero-order chi connectivity index (χ0) is 23.3. The average Bonchev–Trinajstić information content (AvgIpc) is 2.85. The molecule has 0 aromatic heterocycles. The molecule has 7 nitrogen and oxygen atoms in total. The summed E-state index contributed by atoms with van der Waals surface area (Å²) in [5.41, 5.74) is 1.87. The molecule has 1 fully saturated rings. The lowest BCUT2D eigenvalue weighted by atomic mass is 10.1. The van der Waals surface area contributed by atoms with Gasteiger partial charge in [-0.2, -0.15) is 0 Å². The van der Waals surface area contributed by atoms with Gasteiger partial charge in [-0.3, -0.25) is 9.52 Å². The van der Waals surface area contributed by atoms with Gasteiger partial charge in [-0.25, -0.2) is 8.42 Å². The summed E-state index contributed by atoms with van der Waals surface area (Å²) >= 11 is 0. The number of hydrogen-bond donors (Lipinski definition) is 2. The lowest BCUT2D eigenvalue weighted by Gasteiger charge is -2.30.